The lowest BCUT2D eigenvalue weighted by Gasteiger charge is -2.02. The third-order valence-corrected chi connectivity index (χ3v) is 2.55. The summed E-state index contributed by atoms with van der Waals surface area (Å²) in [5.74, 6) is 0. The third kappa shape index (κ3) is 1.99. The minimum atomic E-state index is 1.00. The van der Waals surface area contributed by atoms with Crippen LogP contribution in [0.2, 0.25) is 0 Å². The van der Waals surface area contributed by atoms with Crippen LogP contribution in [-0.4, -0.2) is 0 Å². The summed E-state index contributed by atoms with van der Waals surface area (Å²) < 4.78 is 0. The van der Waals surface area contributed by atoms with Crippen LogP contribution in [0.3, 0.4) is 0 Å². The van der Waals surface area contributed by atoms with Crippen molar-refractivity contribution in [3.63, 3.8) is 0 Å². The smallest absolute Gasteiger partial charge is 0.00404 e. The molecule has 2 aromatic carbocycles. The van der Waals surface area contributed by atoms with Gasteiger partial charge >= 0.3 is 0 Å². The van der Waals surface area contributed by atoms with E-state index >= 15 is 0 Å². The molecule has 0 bridgehead atoms. The average molecular weight is 200 g/mol. The summed E-state index contributed by atoms with van der Waals surface area (Å²) >= 11 is 4.26. The molecular weight excluding hydrogens is 188 g/mol. The van der Waals surface area contributed by atoms with Crippen molar-refractivity contribution < 1.29 is 0 Å². The predicted molar refractivity (Wildman–Crippen MR) is 63.9 cm³/mol. The van der Waals surface area contributed by atoms with Gasteiger partial charge in [0.1, 0.15) is 0 Å². The standard InChI is InChI=1S/C13H12S/c1-10-2-4-11(5-3-10)12-6-8-13(14)9-7-12/h2-9,14H,1H3. The molecule has 2 aromatic rings. The summed E-state index contributed by atoms with van der Waals surface area (Å²) in [6.45, 7) is 2.10. The van der Waals surface area contributed by atoms with E-state index in [0.717, 1.165) is 4.90 Å². The Morgan fingerprint density at radius 2 is 1.14 bits per heavy atom. The van der Waals surface area contributed by atoms with Crippen LogP contribution in [0.1, 0.15) is 5.56 Å². The number of hydrogen-bond acceptors (Lipinski definition) is 1. The van der Waals surface area contributed by atoms with Gasteiger partial charge in [0.15, 0.2) is 0 Å². The van der Waals surface area contributed by atoms with Crippen molar-refractivity contribution in [1.82, 2.24) is 0 Å². The van der Waals surface area contributed by atoms with E-state index < -0.39 is 0 Å². The molecule has 0 unspecified atom stereocenters. The van der Waals surface area contributed by atoms with E-state index in [1.54, 1.807) is 0 Å². The third-order valence-electron chi connectivity index (χ3n) is 2.25. The first-order chi connectivity index (χ1) is 6.75. The Kier molecular flexibility index (Phi) is 2.60. The van der Waals surface area contributed by atoms with Crippen molar-refractivity contribution in [3.05, 3.63) is 54.1 Å². The van der Waals surface area contributed by atoms with Gasteiger partial charge in [-0.15, -0.1) is 12.6 Å². The van der Waals surface area contributed by atoms with Crippen molar-refractivity contribution in [1.29, 1.82) is 0 Å². The number of thiol groups is 1. The second kappa shape index (κ2) is 3.89. The van der Waals surface area contributed by atoms with Crippen LogP contribution in [0, 0.1) is 6.92 Å². The largest absolute Gasteiger partial charge is 0.143 e. The number of aryl methyl sites for hydroxylation is 1. The molecule has 2 rings (SSSR count). The van der Waals surface area contributed by atoms with E-state index in [2.05, 4.69) is 56.0 Å². The van der Waals surface area contributed by atoms with Crippen LogP contribution in [-0.2, 0) is 0 Å². The molecule has 0 saturated heterocycles. The number of rotatable bonds is 1. The first kappa shape index (κ1) is 9.35. The summed E-state index contributed by atoms with van der Waals surface area (Å²) in [6.07, 6.45) is 0. The monoisotopic (exact) mass is 200 g/mol. The molecule has 0 radical (unpaired) electrons. The van der Waals surface area contributed by atoms with E-state index in [0.29, 0.717) is 0 Å². The summed E-state index contributed by atoms with van der Waals surface area (Å²) in [5, 5.41) is 0. The lowest BCUT2D eigenvalue weighted by Crippen LogP contribution is -1.77. The second-order valence-corrected chi connectivity index (χ2v) is 3.93. The van der Waals surface area contributed by atoms with Gasteiger partial charge in [-0.25, -0.2) is 0 Å². The minimum absolute atomic E-state index is 1.00. The molecule has 0 nitrogen and oxygen atoms in total. The normalized spacial score (nSPS) is 10.1. The Balaban J connectivity index is 2.40. The maximum atomic E-state index is 4.26. The lowest BCUT2D eigenvalue weighted by molar-refractivity contribution is 1.44. The Bertz CT molecular complexity index is 368. The van der Waals surface area contributed by atoms with Crippen molar-refractivity contribution in [2.45, 2.75) is 11.8 Å². The Labute approximate surface area is 90.0 Å². The van der Waals surface area contributed by atoms with Gasteiger partial charge in [0.2, 0.25) is 0 Å². The Morgan fingerprint density at radius 1 is 0.714 bits per heavy atom. The van der Waals surface area contributed by atoms with E-state index in [-0.39, 0.29) is 0 Å². The maximum Gasteiger partial charge on any atom is 0.00404 e. The fourth-order valence-electron chi connectivity index (χ4n) is 1.40. The highest BCUT2D eigenvalue weighted by atomic mass is 32.1. The molecule has 0 atom stereocenters. The molecule has 14 heavy (non-hydrogen) atoms. The summed E-state index contributed by atoms with van der Waals surface area (Å²) in [5.41, 5.74) is 3.78. The van der Waals surface area contributed by atoms with Crippen LogP contribution in [0.15, 0.2) is 53.4 Å². The highest BCUT2D eigenvalue weighted by molar-refractivity contribution is 7.80. The van der Waals surface area contributed by atoms with Crippen LogP contribution in [0.4, 0.5) is 0 Å². The SMILES string of the molecule is Cc1ccc(-c2ccc(S)cc2)cc1. The van der Waals surface area contributed by atoms with Gasteiger partial charge < -0.3 is 0 Å². The number of benzene rings is 2. The van der Waals surface area contributed by atoms with Crippen molar-refractivity contribution in [2.24, 2.45) is 0 Å². The molecule has 0 N–H and O–H groups in total. The summed E-state index contributed by atoms with van der Waals surface area (Å²) in [4.78, 5) is 1.00. The molecule has 0 aliphatic carbocycles. The van der Waals surface area contributed by atoms with Crippen LogP contribution >= 0.6 is 12.6 Å². The second-order valence-electron chi connectivity index (χ2n) is 3.41. The Hall–Kier alpha value is -1.21. The van der Waals surface area contributed by atoms with E-state index in [1.807, 2.05) is 12.1 Å². The van der Waals surface area contributed by atoms with Gasteiger partial charge in [-0.05, 0) is 30.2 Å². The highest BCUT2D eigenvalue weighted by Crippen LogP contribution is 2.20. The maximum absolute atomic E-state index is 4.26. The predicted octanol–water partition coefficient (Wildman–Crippen LogP) is 3.95. The molecule has 0 aromatic heterocycles. The van der Waals surface area contributed by atoms with Gasteiger partial charge in [-0.1, -0.05) is 42.0 Å². The molecule has 0 heterocycles. The Morgan fingerprint density at radius 3 is 1.64 bits per heavy atom. The van der Waals surface area contributed by atoms with Gasteiger partial charge in [0.25, 0.3) is 0 Å². The fourth-order valence-corrected chi connectivity index (χ4v) is 1.55. The topological polar surface area (TPSA) is 0 Å². The average Bonchev–Trinajstić information content (AvgIpc) is 2.21. The zero-order chi connectivity index (χ0) is 9.97. The van der Waals surface area contributed by atoms with E-state index in [1.165, 1.54) is 16.7 Å². The zero-order valence-electron chi connectivity index (χ0n) is 8.07. The molecule has 70 valence electrons. The first-order valence-electron chi connectivity index (χ1n) is 4.62. The van der Waals surface area contributed by atoms with Crippen molar-refractivity contribution in [2.75, 3.05) is 0 Å². The molecule has 0 amide bonds. The van der Waals surface area contributed by atoms with Gasteiger partial charge in [-0.2, -0.15) is 0 Å². The number of hydrogen-bond donors (Lipinski definition) is 1. The molecule has 0 saturated carbocycles. The molecule has 1 heteroatoms. The molecule has 0 aliphatic rings. The van der Waals surface area contributed by atoms with Crippen LogP contribution in [0.5, 0.6) is 0 Å². The van der Waals surface area contributed by atoms with E-state index in [4.69, 9.17) is 0 Å². The van der Waals surface area contributed by atoms with Crippen LogP contribution < -0.4 is 0 Å². The van der Waals surface area contributed by atoms with Gasteiger partial charge in [-0.3, -0.25) is 0 Å². The lowest BCUT2D eigenvalue weighted by atomic mass is 10.0. The molecule has 0 spiro atoms. The summed E-state index contributed by atoms with van der Waals surface area (Å²) in [6, 6.07) is 16.7. The van der Waals surface area contributed by atoms with Gasteiger partial charge in [0.05, 0.1) is 0 Å². The first-order valence-corrected chi connectivity index (χ1v) is 5.06. The zero-order valence-corrected chi connectivity index (χ0v) is 8.96. The quantitative estimate of drug-likeness (QED) is 0.662. The van der Waals surface area contributed by atoms with E-state index in [9.17, 15) is 0 Å². The van der Waals surface area contributed by atoms with Crippen LogP contribution in [0.25, 0.3) is 11.1 Å². The van der Waals surface area contributed by atoms with Gasteiger partial charge in [0, 0.05) is 4.90 Å². The molecule has 0 aliphatic heterocycles. The minimum Gasteiger partial charge on any atom is -0.143 e. The molecule has 0 fully saturated rings. The van der Waals surface area contributed by atoms with Crippen molar-refractivity contribution >= 4 is 12.6 Å². The highest BCUT2D eigenvalue weighted by Gasteiger charge is 1.95. The fraction of sp³-hybridized carbons (Fsp3) is 0.0769. The van der Waals surface area contributed by atoms with Crippen molar-refractivity contribution in [3.8, 4) is 11.1 Å². The summed E-state index contributed by atoms with van der Waals surface area (Å²) in [7, 11) is 0. The molecular formula is C13H12S.